The maximum Gasteiger partial charge on any atom is 0.164 e. The second-order valence-corrected chi connectivity index (χ2v) is 8.40. The summed E-state index contributed by atoms with van der Waals surface area (Å²) in [5.74, 6) is 1.80. The fraction of sp³-hybridized carbons (Fsp3) is 0.200. The summed E-state index contributed by atoms with van der Waals surface area (Å²) in [6.45, 7) is 2.72. The van der Waals surface area contributed by atoms with Gasteiger partial charge in [0, 0.05) is 10.1 Å². The molecule has 0 fully saturated rings. The first kappa shape index (κ1) is 21.4. The van der Waals surface area contributed by atoms with E-state index in [1.54, 1.807) is 0 Å². The number of ether oxygens (including phenoxy) is 1. The largest absolute Gasteiger partial charge is 0.454 e. The number of hydrogen-bond donors (Lipinski definition) is 1. The predicted molar refractivity (Wildman–Crippen MR) is 124 cm³/mol. The minimum atomic E-state index is 0.461. The zero-order valence-corrected chi connectivity index (χ0v) is 19.4. The molecule has 3 aromatic rings. The van der Waals surface area contributed by atoms with Crippen LogP contribution in [0.25, 0.3) is 0 Å². The summed E-state index contributed by atoms with van der Waals surface area (Å²) in [5, 5.41) is 4.81. The van der Waals surface area contributed by atoms with Crippen LogP contribution in [0, 0.1) is 3.57 Å². The Morgan fingerprint density at radius 2 is 1.71 bits per heavy atom. The molecule has 0 aliphatic rings. The lowest BCUT2D eigenvalue weighted by atomic mass is 10.1. The molecule has 0 saturated carbocycles. The van der Waals surface area contributed by atoms with Crippen LogP contribution in [0.2, 0.25) is 15.1 Å². The highest BCUT2D eigenvalue weighted by molar-refractivity contribution is 14.1. The lowest BCUT2D eigenvalue weighted by Gasteiger charge is -2.11. The van der Waals surface area contributed by atoms with Crippen molar-refractivity contribution in [2.75, 3.05) is 11.9 Å². The van der Waals surface area contributed by atoms with Gasteiger partial charge in [-0.2, -0.15) is 0 Å². The summed E-state index contributed by atoms with van der Waals surface area (Å²) in [6.07, 6.45) is 3.11. The second-order valence-electron chi connectivity index (χ2n) is 5.96. The molecule has 4 nitrogen and oxygen atoms in total. The lowest BCUT2D eigenvalue weighted by Crippen LogP contribution is -2.08. The van der Waals surface area contributed by atoms with Crippen LogP contribution in [0.15, 0.2) is 42.7 Å². The number of anilines is 1. The number of aromatic nitrogens is 2. The van der Waals surface area contributed by atoms with E-state index >= 15 is 0 Å². The van der Waals surface area contributed by atoms with Crippen LogP contribution in [0.4, 0.5) is 5.82 Å². The van der Waals surface area contributed by atoms with Gasteiger partial charge >= 0.3 is 0 Å². The summed E-state index contributed by atoms with van der Waals surface area (Å²) in [4.78, 5) is 8.37. The Balaban J connectivity index is 1.60. The molecule has 1 aromatic heterocycles. The molecule has 0 aliphatic carbocycles. The van der Waals surface area contributed by atoms with Crippen molar-refractivity contribution in [1.29, 1.82) is 0 Å². The quantitative estimate of drug-likeness (QED) is 0.322. The van der Waals surface area contributed by atoms with Crippen molar-refractivity contribution >= 4 is 63.2 Å². The molecular formula is C20H17Cl3IN3O. The third-order valence-electron chi connectivity index (χ3n) is 4.01. The summed E-state index contributed by atoms with van der Waals surface area (Å²) < 4.78 is 6.80. The van der Waals surface area contributed by atoms with Gasteiger partial charge in [0.2, 0.25) is 0 Å². The van der Waals surface area contributed by atoms with Gasteiger partial charge in [-0.05, 0) is 65.3 Å². The Labute approximate surface area is 192 Å². The molecule has 146 valence electrons. The van der Waals surface area contributed by atoms with Crippen LogP contribution in [0.3, 0.4) is 0 Å². The Kier molecular flexibility index (Phi) is 7.62. The van der Waals surface area contributed by atoms with Crippen molar-refractivity contribution in [3.05, 3.63) is 72.6 Å². The zero-order chi connectivity index (χ0) is 20.1. The third-order valence-corrected chi connectivity index (χ3v) is 5.59. The molecule has 0 radical (unpaired) electrons. The van der Waals surface area contributed by atoms with Gasteiger partial charge in [0.1, 0.15) is 22.9 Å². The molecule has 8 heteroatoms. The van der Waals surface area contributed by atoms with Crippen LogP contribution >= 0.6 is 57.4 Å². The molecule has 0 amide bonds. The van der Waals surface area contributed by atoms with Crippen LogP contribution in [0.1, 0.15) is 18.2 Å². The summed E-state index contributed by atoms with van der Waals surface area (Å²) >= 11 is 20.9. The first-order valence-corrected chi connectivity index (χ1v) is 10.8. The van der Waals surface area contributed by atoms with Crippen molar-refractivity contribution < 1.29 is 4.74 Å². The van der Waals surface area contributed by atoms with Gasteiger partial charge in [-0.15, -0.1) is 0 Å². The molecule has 1 N–H and O–H groups in total. The number of halogens is 4. The van der Waals surface area contributed by atoms with Crippen LogP contribution in [-0.2, 0) is 12.8 Å². The van der Waals surface area contributed by atoms with Crippen molar-refractivity contribution in [1.82, 2.24) is 9.97 Å². The van der Waals surface area contributed by atoms with E-state index in [9.17, 15) is 0 Å². The Hall–Kier alpha value is -1.28. The molecule has 3 rings (SSSR count). The monoisotopic (exact) mass is 547 g/mol. The Bertz CT molecular complexity index is 944. The molecule has 0 bridgehead atoms. The highest BCUT2D eigenvalue weighted by atomic mass is 127. The first-order chi connectivity index (χ1) is 13.5. The van der Waals surface area contributed by atoms with Gasteiger partial charge in [0.05, 0.1) is 15.7 Å². The standard InChI is InChI=1S/C20H17Cl3IN3O/c1-2-17-18(23)20(27-11-26-17)25-8-7-12-3-5-14(6-4-12)28-19-15(21)9-13(24)10-16(19)22/h3-6,9-11H,2,7-8H2,1H3,(H,25,26,27). The first-order valence-electron chi connectivity index (χ1n) is 8.62. The summed E-state index contributed by atoms with van der Waals surface area (Å²) in [6, 6.07) is 11.4. The zero-order valence-electron chi connectivity index (χ0n) is 15.0. The Morgan fingerprint density at radius 3 is 2.36 bits per heavy atom. The minimum Gasteiger partial charge on any atom is -0.454 e. The highest BCUT2D eigenvalue weighted by Gasteiger charge is 2.10. The van der Waals surface area contributed by atoms with Gasteiger partial charge in [-0.1, -0.05) is 53.9 Å². The molecule has 0 unspecified atom stereocenters. The average Bonchev–Trinajstić information content (AvgIpc) is 2.67. The van der Waals surface area contributed by atoms with Crippen LogP contribution in [0.5, 0.6) is 11.5 Å². The number of hydrogen-bond acceptors (Lipinski definition) is 4. The maximum absolute atomic E-state index is 6.30. The van der Waals surface area contributed by atoms with Gasteiger partial charge in [0.15, 0.2) is 5.75 Å². The Morgan fingerprint density at radius 1 is 1.04 bits per heavy atom. The van der Waals surface area contributed by atoms with Gasteiger partial charge in [0.25, 0.3) is 0 Å². The topological polar surface area (TPSA) is 47.0 Å². The summed E-state index contributed by atoms with van der Waals surface area (Å²) in [7, 11) is 0. The highest BCUT2D eigenvalue weighted by Crippen LogP contribution is 2.37. The lowest BCUT2D eigenvalue weighted by molar-refractivity contribution is 0.483. The van der Waals surface area contributed by atoms with Crippen molar-refractivity contribution in [2.24, 2.45) is 0 Å². The number of benzene rings is 2. The molecule has 0 spiro atoms. The van der Waals surface area contributed by atoms with Crippen LogP contribution < -0.4 is 10.1 Å². The molecule has 0 atom stereocenters. The van der Waals surface area contributed by atoms with E-state index in [0.29, 0.717) is 38.9 Å². The van der Waals surface area contributed by atoms with Gasteiger partial charge < -0.3 is 10.1 Å². The molecule has 1 heterocycles. The molecular weight excluding hydrogens is 532 g/mol. The minimum absolute atomic E-state index is 0.461. The van der Waals surface area contributed by atoms with Crippen molar-refractivity contribution in [2.45, 2.75) is 19.8 Å². The third kappa shape index (κ3) is 5.41. The SMILES string of the molecule is CCc1ncnc(NCCc2ccc(Oc3c(Cl)cc(I)cc3Cl)cc2)c1Cl. The van der Waals surface area contributed by atoms with Gasteiger partial charge in [-0.3, -0.25) is 0 Å². The normalized spacial score (nSPS) is 10.8. The van der Waals surface area contributed by atoms with Crippen molar-refractivity contribution in [3.8, 4) is 11.5 Å². The van der Waals surface area contributed by atoms with E-state index in [1.165, 1.54) is 6.33 Å². The number of nitrogens with one attached hydrogen (secondary N) is 1. The molecule has 0 aliphatic heterocycles. The fourth-order valence-corrected chi connectivity index (χ4v) is 4.42. The predicted octanol–water partition coefficient (Wildman–Crippen LogP) is 7.05. The maximum atomic E-state index is 6.30. The van der Waals surface area contributed by atoms with E-state index in [4.69, 9.17) is 39.5 Å². The van der Waals surface area contributed by atoms with E-state index in [1.807, 2.05) is 43.3 Å². The second kappa shape index (κ2) is 9.96. The van der Waals surface area contributed by atoms with E-state index in [2.05, 4.69) is 37.9 Å². The molecule has 0 saturated heterocycles. The van der Waals surface area contributed by atoms with Crippen LogP contribution in [-0.4, -0.2) is 16.5 Å². The van der Waals surface area contributed by atoms with E-state index in [0.717, 1.165) is 27.7 Å². The smallest absolute Gasteiger partial charge is 0.164 e. The van der Waals surface area contributed by atoms with E-state index in [-0.39, 0.29) is 0 Å². The van der Waals surface area contributed by atoms with Gasteiger partial charge in [-0.25, -0.2) is 9.97 Å². The number of rotatable bonds is 7. The number of aryl methyl sites for hydroxylation is 1. The van der Waals surface area contributed by atoms with Crippen molar-refractivity contribution in [3.63, 3.8) is 0 Å². The van der Waals surface area contributed by atoms with E-state index < -0.39 is 0 Å². The average molecular weight is 549 g/mol. The fourth-order valence-electron chi connectivity index (χ4n) is 2.57. The molecule has 2 aromatic carbocycles. The number of nitrogens with zero attached hydrogens (tertiary/aromatic N) is 2. The summed E-state index contributed by atoms with van der Waals surface area (Å²) in [5.41, 5.74) is 1.99. The molecule has 28 heavy (non-hydrogen) atoms.